The molecule has 20 heavy (non-hydrogen) atoms. The Morgan fingerprint density at radius 3 is 2.95 bits per heavy atom. The highest BCUT2D eigenvalue weighted by atomic mass is 16.6. The number of nitrogens with zero attached hydrogens (tertiary/aromatic N) is 4. The van der Waals surface area contributed by atoms with Gasteiger partial charge in [-0.25, -0.2) is 9.97 Å². The Labute approximate surface area is 117 Å². The summed E-state index contributed by atoms with van der Waals surface area (Å²) >= 11 is 0. The van der Waals surface area contributed by atoms with Crippen LogP contribution in [0.3, 0.4) is 0 Å². The number of hydrogen-bond donors (Lipinski definition) is 2. The maximum absolute atomic E-state index is 11.3. The molecule has 0 spiro atoms. The number of β-amino-alcohol motifs (C(OH)–C–C–N with tert-alkyl or cyclic N) is 1. The van der Waals surface area contributed by atoms with E-state index in [1.54, 1.807) is 4.90 Å². The minimum atomic E-state index is -0.499. The van der Waals surface area contributed by atoms with Crippen molar-refractivity contribution in [3.05, 3.63) is 16.4 Å². The first-order valence-corrected chi connectivity index (χ1v) is 6.70. The van der Waals surface area contributed by atoms with Crippen LogP contribution in [0.25, 0.3) is 0 Å². The van der Waals surface area contributed by atoms with Gasteiger partial charge >= 0.3 is 5.69 Å². The predicted molar refractivity (Wildman–Crippen MR) is 74.9 cm³/mol. The molecule has 2 atom stereocenters. The number of nitro groups is 1. The van der Waals surface area contributed by atoms with Crippen molar-refractivity contribution < 1.29 is 10.0 Å². The molecular weight excluding hydrogens is 262 g/mol. The fourth-order valence-electron chi connectivity index (χ4n) is 2.31. The number of aliphatic hydroxyl groups excluding tert-OH is 1. The molecule has 1 aliphatic rings. The molecular formula is C12H19N5O3. The summed E-state index contributed by atoms with van der Waals surface area (Å²) in [6.45, 7) is 5.35. The summed E-state index contributed by atoms with van der Waals surface area (Å²) in [4.78, 5) is 20.6. The predicted octanol–water partition coefficient (Wildman–Crippen LogP) is 1.02. The van der Waals surface area contributed by atoms with Gasteiger partial charge in [-0.2, -0.15) is 0 Å². The van der Waals surface area contributed by atoms with Gasteiger partial charge in [0.2, 0.25) is 11.6 Å². The van der Waals surface area contributed by atoms with Gasteiger partial charge in [0.15, 0.2) is 0 Å². The fourth-order valence-corrected chi connectivity index (χ4v) is 2.31. The SMILES string of the molecule is CCNc1ncnc(N2CCC(C)C(O)C2)c1[N+](=O)[O-]. The van der Waals surface area contributed by atoms with Gasteiger partial charge in [-0.05, 0) is 19.3 Å². The first-order chi connectivity index (χ1) is 9.54. The van der Waals surface area contributed by atoms with Gasteiger partial charge in [0.05, 0.1) is 11.0 Å². The molecule has 8 heteroatoms. The zero-order valence-corrected chi connectivity index (χ0v) is 11.6. The van der Waals surface area contributed by atoms with Crippen molar-refractivity contribution in [1.29, 1.82) is 0 Å². The fraction of sp³-hybridized carbons (Fsp3) is 0.667. The van der Waals surface area contributed by atoms with E-state index in [9.17, 15) is 15.2 Å². The molecule has 1 aromatic rings. The molecule has 2 rings (SSSR count). The van der Waals surface area contributed by atoms with Crippen LogP contribution in [-0.4, -0.2) is 45.7 Å². The molecule has 2 N–H and O–H groups in total. The number of aliphatic hydroxyl groups is 1. The van der Waals surface area contributed by atoms with E-state index in [1.165, 1.54) is 6.33 Å². The van der Waals surface area contributed by atoms with Gasteiger partial charge in [-0.15, -0.1) is 0 Å². The number of rotatable bonds is 4. The van der Waals surface area contributed by atoms with Crippen LogP contribution in [0.2, 0.25) is 0 Å². The second-order valence-corrected chi connectivity index (χ2v) is 4.96. The van der Waals surface area contributed by atoms with Gasteiger partial charge in [-0.3, -0.25) is 10.1 Å². The highest BCUT2D eigenvalue weighted by Gasteiger charge is 2.31. The Balaban J connectivity index is 2.35. The molecule has 0 bridgehead atoms. The van der Waals surface area contributed by atoms with Gasteiger partial charge in [0.1, 0.15) is 6.33 Å². The quantitative estimate of drug-likeness (QED) is 0.627. The summed E-state index contributed by atoms with van der Waals surface area (Å²) in [5, 5.41) is 24.1. The number of piperidine rings is 1. The van der Waals surface area contributed by atoms with Crippen LogP contribution >= 0.6 is 0 Å². The highest BCUT2D eigenvalue weighted by Crippen LogP contribution is 2.33. The molecule has 1 fully saturated rings. The van der Waals surface area contributed by atoms with Crippen LogP contribution in [0.15, 0.2) is 6.33 Å². The second-order valence-electron chi connectivity index (χ2n) is 4.96. The average molecular weight is 281 g/mol. The van der Waals surface area contributed by atoms with E-state index >= 15 is 0 Å². The molecule has 1 aliphatic heterocycles. The maximum Gasteiger partial charge on any atom is 0.353 e. The van der Waals surface area contributed by atoms with Gasteiger partial charge in [0.25, 0.3) is 0 Å². The first-order valence-electron chi connectivity index (χ1n) is 6.70. The Kier molecular flexibility index (Phi) is 4.33. The van der Waals surface area contributed by atoms with Crippen molar-refractivity contribution in [3.8, 4) is 0 Å². The maximum atomic E-state index is 11.3. The summed E-state index contributed by atoms with van der Waals surface area (Å²) in [6, 6.07) is 0. The molecule has 1 saturated heterocycles. The monoisotopic (exact) mass is 281 g/mol. The van der Waals surface area contributed by atoms with Crippen molar-refractivity contribution in [2.24, 2.45) is 5.92 Å². The lowest BCUT2D eigenvalue weighted by Gasteiger charge is -2.34. The normalized spacial score (nSPS) is 22.6. The molecule has 2 unspecified atom stereocenters. The minimum Gasteiger partial charge on any atom is -0.391 e. The third kappa shape index (κ3) is 2.79. The van der Waals surface area contributed by atoms with Crippen molar-refractivity contribution in [3.63, 3.8) is 0 Å². The zero-order valence-electron chi connectivity index (χ0n) is 11.6. The van der Waals surface area contributed by atoms with Crippen molar-refractivity contribution in [1.82, 2.24) is 9.97 Å². The first kappa shape index (κ1) is 14.4. The van der Waals surface area contributed by atoms with E-state index in [1.807, 2.05) is 13.8 Å². The Hall–Kier alpha value is -1.96. The summed E-state index contributed by atoms with van der Waals surface area (Å²) in [6.07, 6.45) is 1.59. The third-order valence-electron chi connectivity index (χ3n) is 3.55. The van der Waals surface area contributed by atoms with E-state index in [2.05, 4.69) is 15.3 Å². The van der Waals surface area contributed by atoms with Gasteiger partial charge < -0.3 is 15.3 Å². The number of hydrogen-bond acceptors (Lipinski definition) is 7. The van der Waals surface area contributed by atoms with Crippen LogP contribution < -0.4 is 10.2 Å². The molecule has 0 radical (unpaired) electrons. The van der Waals surface area contributed by atoms with Crippen LogP contribution in [0.1, 0.15) is 20.3 Å². The largest absolute Gasteiger partial charge is 0.391 e. The Morgan fingerprint density at radius 1 is 1.60 bits per heavy atom. The molecule has 0 amide bonds. The van der Waals surface area contributed by atoms with Crippen LogP contribution in [0, 0.1) is 16.0 Å². The molecule has 8 nitrogen and oxygen atoms in total. The van der Waals surface area contributed by atoms with Crippen molar-refractivity contribution in [2.45, 2.75) is 26.4 Å². The summed E-state index contributed by atoms with van der Waals surface area (Å²) in [7, 11) is 0. The summed E-state index contributed by atoms with van der Waals surface area (Å²) in [5.74, 6) is 0.683. The zero-order chi connectivity index (χ0) is 14.7. The lowest BCUT2D eigenvalue weighted by atomic mass is 9.96. The van der Waals surface area contributed by atoms with Crippen molar-refractivity contribution >= 4 is 17.3 Å². The summed E-state index contributed by atoms with van der Waals surface area (Å²) < 4.78 is 0. The van der Waals surface area contributed by atoms with Crippen molar-refractivity contribution in [2.75, 3.05) is 29.9 Å². The molecule has 2 heterocycles. The van der Waals surface area contributed by atoms with E-state index in [-0.39, 0.29) is 23.2 Å². The van der Waals surface area contributed by atoms with E-state index in [0.717, 1.165) is 6.42 Å². The standard InChI is InChI=1S/C12H19N5O3/c1-3-13-11-10(17(19)20)12(15-7-14-11)16-5-4-8(2)9(18)6-16/h7-9,18H,3-6H2,1-2H3,(H,13,14,15). The smallest absolute Gasteiger partial charge is 0.353 e. The average Bonchev–Trinajstić information content (AvgIpc) is 2.42. The number of nitrogens with one attached hydrogen (secondary N) is 1. The van der Waals surface area contributed by atoms with Crippen LogP contribution in [0.4, 0.5) is 17.3 Å². The summed E-state index contributed by atoms with van der Waals surface area (Å²) in [5.41, 5.74) is -0.129. The lowest BCUT2D eigenvalue weighted by Crippen LogP contribution is -2.43. The molecule has 110 valence electrons. The van der Waals surface area contributed by atoms with E-state index in [4.69, 9.17) is 0 Å². The highest BCUT2D eigenvalue weighted by molar-refractivity contribution is 5.70. The van der Waals surface area contributed by atoms with E-state index in [0.29, 0.717) is 19.6 Å². The Morgan fingerprint density at radius 2 is 2.35 bits per heavy atom. The number of aromatic nitrogens is 2. The van der Waals surface area contributed by atoms with Crippen LogP contribution in [-0.2, 0) is 0 Å². The molecule has 0 aliphatic carbocycles. The van der Waals surface area contributed by atoms with Crippen LogP contribution in [0.5, 0.6) is 0 Å². The van der Waals surface area contributed by atoms with E-state index < -0.39 is 11.0 Å². The second kappa shape index (κ2) is 6.00. The minimum absolute atomic E-state index is 0.129. The Bertz CT molecular complexity index is 496. The molecule has 0 aromatic carbocycles. The van der Waals surface area contributed by atoms with Gasteiger partial charge in [-0.1, -0.05) is 6.92 Å². The third-order valence-corrected chi connectivity index (χ3v) is 3.55. The molecule has 0 saturated carbocycles. The van der Waals surface area contributed by atoms with Gasteiger partial charge in [0, 0.05) is 19.6 Å². The topological polar surface area (TPSA) is 104 Å². The number of anilines is 2. The lowest BCUT2D eigenvalue weighted by molar-refractivity contribution is -0.383. The molecule has 1 aromatic heterocycles.